The number of nitrogens with zero attached hydrogens (tertiary/aromatic N) is 4. The van der Waals surface area contributed by atoms with Crippen LogP contribution in [0.3, 0.4) is 0 Å². The number of anilines is 1. The van der Waals surface area contributed by atoms with Gasteiger partial charge in [-0.05, 0) is 13.5 Å². The number of piperazine rings is 1. The molecule has 0 bridgehead atoms. The molecular weight excluding hydrogens is 310 g/mol. The number of amides is 3. The molecule has 1 aliphatic rings. The molecule has 1 aromatic heterocycles. The number of carbonyl (C=O) groups excluding carboxylic acids is 2. The Bertz CT molecular complexity index is 552. The van der Waals surface area contributed by atoms with Crippen LogP contribution < -0.4 is 16.4 Å². The molecule has 0 aliphatic carbocycles. The number of hydrogen-bond acceptors (Lipinski definition) is 5. The van der Waals surface area contributed by atoms with Crippen molar-refractivity contribution in [3.8, 4) is 0 Å². The second kappa shape index (κ2) is 8.65. The van der Waals surface area contributed by atoms with E-state index in [0.29, 0.717) is 12.2 Å². The van der Waals surface area contributed by atoms with Gasteiger partial charge in [-0.1, -0.05) is 6.92 Å². The Morgan fingerprint density at radius 2 is 2.04 bits per heavy atom. The van der Waals surface area contributed by atoms with Gasteiger partial charge in [0.25, 0.3) is 0 Å². The molecule has 1 fully saturated rings. The smallest absolute Gasteiger partial charge is 0.319 e. The van der Waals surface area contributed by atoms with E-state index in [9.17, 15) is 9.59 Å². The first-order valence-corrected chi connectivity index (χ1v) is 8.30. The molecule has 1 saturated heterocycles. The molecule has 0 aromatic carbocycles. The molecule has 134 valence electrons. The molecule has 9 nitrogen and oxygen atoms in total. The average molecular weight is 337 g/mol. The summed E-state index contributed by atoms with van der Waals surface area (Å²) in [4.78, 5) is 27.6. The van der Waals surface area contributed by atoms with Gasteiger partial charge in [-0.15, -0.1) is 0 Å². The Hall–Kier alpha value is -2.13. The van der Waals surface area contributed by atoms with E-state index in [-0.39, 0.29) is 18.6 Å². The molecule has 0 radical (unpaired) electrons. The summed E-state index contributed by atoms with van der Waals surface area (Å²) in [6.07, 6.45) is 3.05. The molecule has 1 aliphatic heterocycles. The molecular formula is C15H27N7O2. The van der Waals surface area contributed by atoms with Crippen molar-refractivity contribution >= 4 is 17.6 Å². The number of nitrogens with two attached hydrogens (primary N) is 1. The Morgan fingerprint density at radius 3 is 2.67 bits per heavy atom. The predicted molar refractivity (Wildman–Crippen MR) is 91.6 cm³/mol. The first kappa shape index (κ1) is 18.2. The predicted octanol–water partition coefficient (Wildman–Crippen LogP) is -0.484. The Morgan fingerprint density at radius 1 is 1.33 bits per heavy atom. The second-order valence-corrected chi connectivity index (χ2v) is 6.05. The highest BCUT2D eigenvalue weighted by Crippen LogP contribution is 2.06. The van der Waals surface area contributed by atoms with Gasteiger partial charge in [0, 0.05) is 45.0 Å². The van der Waals surface area contributed by atoms with Gasteiger partial charge in [-0.3, -0.25) is 14.4 Å². The lowest BCUT2D eigenvalue weighted by Gasteiger charge is -2.37. The Labute approximate surface area is 142 Å². The minimum atomic E-state index is -0.480. The summed E-state index contributed by atoms with van der Waals surface area (Å²) in [6.45, 7) is 10.2. The molecule has 0 spiro atoms. The first-order valence-electron chi connectivity index (χ1n) is 8.30. The van der Waals surface area contributed by atoms with Crippen LogP contribution in [-0.4, -0.2) is 76.8 Å². The van der Waals surface area contributed by atoms with Crippen molar-refractivity contribution in [2.75, 3.05) is 44.6 Å². The van der Waals surface area contributed by atoms with Gasteiger partial charge in [0.2, 0.25) is 5.91 Å². The van der Waals surface area contributed by atoms with Crippen molar-refractivity contribution in [1.29, 1.82) is 0 Å². The zero-order valence-electron chi connectivity index (χ0n) is 14.4. The SMILES string of the molecule is CCN1CCN(C(C)CNC(=O)Nc2cnn(CC(N)=O)c2)CC1. The van der Waals surface area contributed by atoms with E-state index in [1.165, 1.54) is 10.9 Å². The molecule has 1 atom stereocenters. The van der Waals surface area contributed by atoms with Crippen LogP contribution in [0, 0.1) is 0 Å². The maximum atomic E-state index is 12.0. The number of primary amides is 1. The molecule has 3 amide bonds. The first-order chi connectivity index (χ1) is 11.5. The molecule has 24 heavy (non-hydrogen) atoms. The van der Waals surface area contributed by atoms with Crippen LogP contribution in [0.25, 0.3) is 0 Å². The summed E-state index contributed by atoms with van der Waals surface area (Å²) in [5.74, 6) is -0.480. The average Bonchev–Trinajstić information content (AvgIpc) is 2.98. The number of aromatic nitrogens is 2. The third-order valence-electron chi connectivity index (χ3n) is 4.24. The van der Waals surface area contributed by atoms with Crippen LogP contribution >= 0.6 is 0 Å². The second-order valence-electron chi connectivity index (χ2n) is 6.05. The third-order valence-corrected chi connectivity index (χ3v) is 4.24. The minimum Gasteiger partial charge on any atom is -0.368 e. The Kier molecular flexibility index (Phi) is 6.56. The fourth-order valence-electron chi connectivity index (χ4n) is 2.74. The summed E-state index contributed by atoms with van der Waals surface area (Å²) >= 11 is 0. The monoisotopic (exact) mass is 337 g/mol. The van der Waals surface area contributed by atoms with Crippen molar-refractivity contribution in [3.63, 3.8) is 0 Å². The van der Waals surface area contributed by atoms with E-state index in [1.54, 1.807) is 6.20 Å². The van der Waals surface area contributed by atoms with Crippen molar-refractivity contribution in [2.24, 2.45) is 5.73 Å². The highest BCUT2D eigenvalue weighted by Gasteiger charge is 2.20. The standard InChI is InChI=1S/C15H27N7O2/c1-3-20-4-6-21(7-5-20)12(2)8-17-15(24)19-13-9-18-22(10-13)11-14(16)23/h9-10,12H,3-8,11H2,1-2H3,(H2,16,23)(H2,17,19,24). The Balaban J connectivity index is 1.71. The zero-order valence-corrected chi connectivity index (χ0v) is 14.4. The van der Waals surface area contributed by atoms with Crippen molar-refractivity contribution < 1.29 is 9.59 Å². The van der Waals surface area contributed by atoms with Gasteiger partial charge in [-0.2, -0.15) is 5.10 Å². The van der Waals surface area contributed by atoms with E-state index >= 15 is 0 Å². The van der Waals surface area contributed by atoms with Crippen LogP contribution in [0.1, 0.15) is 13.8 Å². The van der Waals surface area contributed by atoms with Crippen LogP contribution in [-0.2, 0) is 11.3 Å². The third kappa shape index (κ3) is 5.50. The van der Waals surface area contributed by atoms with Crippen LogP contribution in [0.2, 0.25) is 0 Å². The molecule has 4 N–H and O–H groups in total. The normalized spacial score (nSPS) is 17.4. The molecule has 1 aromatic rings. The lowest BCUT2D eigenvalue weighted by Crippen LogP contribution is -2.52. The van der Waals surface area contributed by atoms with Gasteiger partial charge >= 0.3 is 6.03 Å². The number of carbonyl (C=O) groups is 2. The molecule has 2 rings (SSSR count). The van der Waals surface area contributed by atoms with E-state index < -0.39 is 5.91 Å². The highest BCUT2D eigenvalue weighted by atomic mass is 16.2. The van der Waals surface area contributed by atoms with Gasteiger partial charge in [0.15, 0.2) is 0 Å². The summed E-state index contributed by atoms with van der Waals surface area (Å²) in [6, 6.07) is 0.00000939. The largest absolute Gasteiger partial charge is 0.368 e. The fraction of sp³-hybridized carbons (Fsp3) is 0.667. The number of urea groups is 1. The quantitative estimate of drug-likeness (QED) is 0.622. The van der Waals surface area contributed by atoms with E-state index in [0.717, 1.165) is 32.7 Å². The van der Waals surface area contributed by atoms with Crippen LogP contribution in [0.4, 0.5) is 10.5 Å². The minimum absolute atomic E-state index is 0.00985. The van der Waals surface area contributed by atoms with Crippen molar-refractivity contribution in [3.05, 3.63) is 12.4 Å². The van der Waals surface area contributed by atoms with E-state index in [1.807, 2.05) is 0 Å². The van der Waals surface area contributed by atoms with Crippen molar-refractivity contribution in [1.82, 2.24) is 24.9 Å². The number of nitrogens with one attached hydrogen (secondary N) is 2. The lowest BCUT2D eigenvalue weighted by atomic mass is 10.2. The highest BCUT2D eigenvalue weighted by molar-refractivity contribution is 5.88. The molecule has 1 unspecified atom stereocenters. The fourth-order valence-corrected chi connectivity index (χ4v) is 2.74. The van der Waals surface area contributed by atoms with Crippen LogP contribution in [0.5, 0.6) is 0 Å². The topological polar surface area (TPSA) is 109 Å². The zero-order chi connectivity index (χ0) is 17.5. The van der Waals surface area contributed by atoms with Gasteiger partial charge in [0.05, 0.1) is 11.9 Å². The molecule has 0 saturated carbocycles. The van der Waals surface area contributed by atoms with Gasteiger partial charge in [-0.25, -0.2) is 4.79 Å². The van der Waals surface area contributed by atoms with E-state index in [4.69, 9.17) is 5.73 Å². The summed E-state index contributed by atoms with van der Waals surface area (Å²) in [5.41, 5.74) is 5.62. The maximum Gasteiger partial charge on any atom is 0.319 e. The maximum absolute atomic E-state index is 12.0. The molecule has 2 heterocycles. The van der Waals surface area contributed by atoms with Gasteiger partial charge < -0.3 is 21.3 Å². The summed E-state index contributed by atoms with van der Waals surface area (Å²) in [5, 5.41) is 9.52. The summed E-state index contributed by atoms with van der Waals surface area (Å²) < 4.78 is 1.38. The number of rotatable bonds is 7. The van der Waals surface area contributed by atoms with Gasteiger partial charge in [0.1, 0.15) is 6.54 Å². The summed E-state index contributed by atoms with van der Waals surface area (Å²) in [7, 11) is 0. The lowest BCUT2D eigenvalue weighted by molar-refractivity contribution is -0.118. The number of likely N-dealkylation sites (N-methyl/N-ethyl adjacent to an activating group) is 1. The number of hydrogen-bond donors (Lipinski definition) is 3. The van der Waals surface area contributed by atoms with E-state index in [2.05, 4.69) is 39.4 Å². The van der Waals surface area contributed by atoms with Crippen molar-refractivity contribution in [2.45, 2.75) is 26.4 Å². The van der Waals surface area contributed by atoms with Crippen LogP contribution in [0.15, 0.2) is 12.4 Å². The molecule has 9 heteroatoms.